The average Bonchev–Trinajstić information content (AvgIpc) is 3.08. The lowest BCUT2D eigenvalue weighted by Gasteiger charge is -2.32. The molecule has 4 nitrogen and oxygen atoms in total. The summed E-state index contributed by atoms with van der Waals surface area (Å²) in [7, 11) is 0. The number of carbonyl (C=O) groups is 1. The Morgan fingerprint density at radius 1 is 1.19 bits per heavy atom. The van der Waals surface area contributed by atoms with Crippen molar-refractivity contribution < 1.29 is 13.6 Å². The van der Waals surface area contributed by atoms with E-state index in [1.54, 1.807) is 0 Å². The zero-order valence-electron chi connectivity index (χ0n) is 17.9. The van der Waals surface area contributed by atoms with E-state index in [0.717, 1.165) is 51.0 Å². The highest BCUT2D eigenvalue weighted by atomic mass is 19.2. The number of amides is 1. The van der Waals surface area contributed by atoms with Gasteiger partial charge in [0.15, 0.2) is 11.6 Å². The standard InChI is InChI=1S/C25H29F2N3O/c1-17-21(20-6-2-3-7-24(20)29-17)16-30-12-4-5-18(15-30)9-11-25(31)28-14-19-8-10-22(26)23(27)13-19/h2-3,6-8,10,13,18,29H,4-5,9,11-12,14-16H2,1H3,(H,28,31). The number of carbonyl (C=O) groups excluding carboxylic acids is 1. The van der Waals surface area contributed by atoms with Crippen LogP contribution in [0.2, 0.25) is 0 Å². The minimum Gasteiger partial charge on any atom is -0.358 e. The number of likely N-dealkylation sites (tertiary alicyclic amines) is 1. The molecule has 0 aliphatic carbocycles. The molecule has 1 saturated heterocycles. The van der Waals surface area contributed by atoms with E-state index in [2.05, 4.69) is 46.4 Å². The Morgan fingerprint density at radius 3 is 2.87 bits per heavy atom. The van der Waals surface area contributed by atoms with E-state index in [4.69, 9.17) is 0 Å². The number of nitrogens with zero attached hydrogens (tertiary/aromatic N) is 1. The van der Waals surface area contributed by atoms with Crippen LogP contribution in [0.1, 0.15) is 42.5 Å². The number of hydrogen-bond acceptors (Lipinski definition) is 2. The van der Waals surface area contributed by atoms with Gasteiger partial charge in [-0.2, -0.15) is 0 Å². The first-order valence-electron chi connectivity index (χ1n) is 11.0. The first-order valence-corrected chi connectivity index (χ1v) is 11.0. The summed E-state index contributed by atoms with van der Waals surface area (Å²) in [6.45, 7) is 5.35. The third-order valence-corrected chi connectivity index (χ3v) is 6.27. The molecule has 1 unspecified atom stereocenters. The van der Waals surface area contributed by atoms with Gasteiger partial charge in [-0.1, -0.05) is 24.3 Å². The maximum atomic E-state index is 13.3. The fraction of sp³-hybridized carbons (Fsp3) is 0.400. The molecule has 0 radical (unpaired) electrons. The van der Waals surface area contributed by atoms with E-state index in [1.165, 1.54) is 28.2 Å². The molecule has 164 valence electrons. The van der Waals surface area contributed by atoms with E-state index in [1.807, 2.05) is 0 Å². The van der Waals surface area contributed by atoms with Crippen LogP contribution in [0.5, 0.6) is 0 Å². The number of para-hydroxylation sites is 1. The van der Waals surface area contributed by atoms with Crippen LogP contribution in [0.25, 0.3) is 10.9 Å². The van der Waals surface area contributed by atoms with Crippen molar-refractivity contribution in [1.82, 2.24) is 15.2 Å². The van der Waals surface area contributed by atoms with E-state index in [-0.39, 0.29) is 12.5 Å². The van der Waals surface area contributed by atoms with Gasteiger partial charge in [-0.25, -0.2) is 8.78 Å². The minimum atomic E-state index is -0.889. The highest BCUT2D eigenvalue weighted by Crippen LogP contribution is 2.27. The zero-order chi connectivity index (χ0) is 21.8. The van der Waals surface area contributed by atoms with Gasteiger partial charge in [0.05, 0.1) is 0 Å². The van der Waals surface area contributed by atoms with Gasteiger partial charge in [-0.15, -0.1) is 0 Å². The van der Waals surface area contributed by atoms with Gasteiger partial charge < -0.3 is 10.3 Å². The fourth-order valence-corrected chi connectivity index (χ4v) is 4.57. The number of piperidine rings is 1. The molecule has 0 bridgehead atoms. The molecule has 31 heavy (non-hydrogen) atoms. The monoisotopic (exact) mass is 425 g/mol. The Morgan fingerprint density at radius 2 is 2.03 bits per heavy atom. The van der Waals surface area contributed by atoms with Crippen molar-refractivity contribution in [3.05, 3.63) is 70.9 Å². The maximum absolute atomic E-state index is 13.3. The Hall–Kier alpha value is -2.73. The van der Waals surface area contributed by atoms with Crippen molar-refractivity contribution in [2.75, 3.05) is 13.1 Å². The number of aryl methyl sites for hydroxylation is 1. The van der Waals surface area contributed by atoms with Crippen molar-refractivity contribution in [1.29, 1.82) is 0 Å². The second-order valence-electron chi connectivity index (χ2n) is 8.58. The molecule has 0 spiro atoms. The molecule has 1 aliphatic heterocycles. The van der Waals surface area contributed by atoms with Crippen molar-refractivity contribution in [2.24, 2.45) is 5.92 Å². The zero-order valence-corrected chi connectivity index (χ0v) is 17.9. The first kappa shape index (κ1) is 21.5. The normalized spacial score (nSPS) is 17.2. The smallest absolute Gasteiger partial charge is 0.220 e. The topological polar surface area (TPSA) is 48.1 Å². The lowest BCUT2D eigenvalue weighted by atomic mass is 9.92. The van der Waals surface area contributed by atoms with Crippen molar-refractivity contribution in [2.45, 2.75) is 45.7 Å². The van der Waals surface area contributed by atoms with E-state index in [0.29, 0.717) is 17.9 Å². The van der Waals surface area contributed by atoms with Crippen LogP contribution in [0, 0.1) is 24.5 Å². The number of aromatic amines is 1. The third kappa shape index (κ3) is 5.31. The van der Waals surface area contributed by atoms with Crippen LogP contribution in [0.15, 0.2) is 42.5 Å². The van der Waals surface area contributed by atoms with Gasteiger partial charge >= 0.3 is 0 Å². The quantitative estimate of drug-likeness (QED) is 0.556. The van der Waals surface area contributed by atoms with E-state index >= 15 is 0 Å². The summed E-state index contributed by atoms with van der Waals surface area (Å²) in [6.07, 6.45) is 3.57. The van der Waals surface area contributed by atoms with Crippen LogP contribution in [-0.2, 0) is 17.9 Å². The summed E-state index contributed by atoms with van der Waals surface area (Å²) in [6, 6.07) is 12.1. The lowest BCUT2D eigenvalue weighted by molar-refractivity contribution is -0.121. The Kier molecular flexibility index (Phi) is 6.66. The molecule has 0 saturated carbocycles. The number of halogens is 2. The minimum absolute atomic E-state index is 0.0469. The Labute approximate surface area is 181 Å². The number of H-pyrrole nitrogens is 1. The maximum Gasteiger partial charge on any atom is 0.220 e. The summed E-state index contributed by atoms with van der Waals surface area (Å²) in [5.74, 6) is -1.32. The van der Waals surface area contributed by atoms with Crippen molar-refractivity contribution in [3.8, 4) is 0 Å². The molecule has 1 aliphatic rings. The van der Waals surface area contributed by atoms with Crippen LogP contribution < -0.4 is 5.32 Å². The van der Waals surface area contributed by atoms with E-state index < -0.39 is 11.6 Å². The van der Waals surface area contributed by atoms with Crippen LogP contribution in [-0.4, -0.2) is 28.9 Å². The molecule has 3 aromatic rings. The largest absolute Gasteiger partial charge is 0.358 e. The number of rotatable bonds is 7. The first-order chi connectivity index (χ1) is 15.0. The Bertz CT molecular complexity index is 1060. The molecule has 2 N–H and O–H groups in total. The number of fused-ring (bicyclic) bond motifs is 1. The predicted octanol–water partition coefficient (Wildman–Crippen LogP) is 5.06. The van der Waals surface area contributed by atoms with Crippen LogP contribution in [0.4, 0.5) is 8.78 Å². The molecule has 4 rings (SSSR count). The van der Waals surface area contributed by atoms with Crippen molar-refractivity contribution in [3.63, 3.8) is 0 Å². The second-order valence-corrected chi connectivity index (χ2v) is 8.58. The van der Waals surface area contributed by atoms with Gasteiger partial charge in [0.2, 0.25) is 5.91 Å². The summed E-state index contributed by atoms with van der Waals surface area (Å²) in [5, 5.41) is 4.11. The number of benzene rings is 2. The number of aromatic nitrogens is 1. The molecule has 2 heterocycles. The van der Waals surface area contributed by atoms with Gasteiger partial charge in [0.1, 0.15) is 0 Å². The van der Waals surface area contributed by atoms with E-state index in [9.17, 15) is 13.6 Å². The third-order valence-electron chi connectivity index (χ3n) is 6.27. The molecule has 2 aromatic carbocycles. The summed E-state index contributed by atoms with van der Waals surface area (Å²) in [4.78, 5) is 18.2. The second kappa shape index (κ2) is 9.60. The Balaban J connectivity index is 1.26. The predicted molar refractivity (Wildman–Crippen MR) is 118 cm³/mol. The van der Waals surface area contributed by atoms with Gasteiger partial charge in [0.25, 0.3) is 0 Å². The highest BCUT2D eigenvalue weighted by Gasteiger charge is 2.22. The summed E-state index contributed by atoms with van der Waals surface area (Å²) < 4.78 is 26.3. The van der Waals surface area contributed by atoms with Gasteiger partial charge in [0, 0.05) is 42.7 Å². The molecule has 1 aromatic heterocycles. The SMILES string of the molecule is Cc1[nH]c2ccccc2c1CN1CCCC(CCC(=O)NCc2ccc(F)c(F)c2)C1. The molecule has 1 fully saturated rings. The fourth-order valence-electron chi connectivity index (χ4n) is 4.57. The molecule has 6 heteroatoms. The van der Waals surface area contributed by atoms with Crippen LogP contribution >= 0.6 is 0 Å². The van der Waals surface area contributed by atoms with Crippen LogP contribution in [0.3, 0.4) is 0 Å². The average molecular weight is 426 g/mol. The van der Waals surface area contributed by atoms with Gasteiger partial charge in [-0.05, 0) is 68.0 Å². The molecule has 1 atom stereocenters. The highest BCUT2D eigenvalue weighted by molar-refractivity contribution is 5.84. The summed E-state index contributed by atoms with van der Waals surface area (Å²) in [5.41, 5.74) is 4.33. The lowest BCUT2D eigenvalue weighted by Crippen LogP contribution is -2.35. The number of hydrogen-bond donors (Lipinski definition) is 2. The number of nitrogens with one attached hydrogen (secondary N) is 2. The summed E-state index contributed by atoms with van der Waals surface area (Å²) >= 11 is 0. The molecular formula is C25H29F2N3O. The molecular weight excluding hydrogens is 396 g/mol. The van der Waals surface area contributed by atoms with Gasteiger partial charge in [-0.3, -0.25) is 9.69 Å². The molecule has 1 amide bonds. The van der Waals surface area contributed by atoms with Crippen molar-refractivity contribution >= 4 is 16.8 Å².